The molecule has 146 valence electrons. The lowest BCUT2D eigenvalue weighted by Crippen LogP contribution is -2.46. The third-order valence-corrected chi connectivity index (χ3v) is 7.74. The van der Waals surface area contributed by atoms with Gasteiger partial charge in [-0.3, -0.25) is 14.9 Å². The molecule has 1 aromatic rings. The molecule has 0 radical (unpaired) electrons. The number of imide groups is 1. The van der Waals surface area contributed by atoms with Crippen LogP contribution in [-0.2, 0) is 16.0 Å². The van der Waals surface area contributed by atoms with Crippen molar-refractivity contribution in [2.45, 2.75) is 69.1 Å². The highest BCUT2D eigenvalue weighted by Crippen LogP contribution is 2.51. The standard InChI is InChI=1S/C22H29NO3S/c24-19-14-22(15-20(25)23-19)11-4-9-17(22)8-1-2-12-26-18-10-3-6-16-7-5-13-27-21(16)18/h3,6,10,17H,1-2,4-5,7-9,11-15H2,(H,23,24,25). The van der Waals surface area contributed by atoms with Crippen molar-refractivity contribution in [2.75, 3.05) is 12.4 Å². The van der Waals surface area contributed by atoms with E-state index in [1.54, 1.807) is 0 Å². The summed E-state index contributed by atoms with van der Waals surface area (Å²) in [4.78, 5) is 25.1. The van der Waals surface area contributed by atoms with E-state index in [0.717, 1.165) is 57.3 Å². The number of carbonyl (C=O) groups excluding carboxylic acids is 2. The molecule has 1 saturated heterocycles. The number of hydrogen-bond donors (Lipinski definition) is 1. The van der Waals surface area contributed by atoms with Gasteiger partial charge >= 0.3 is 0 Å². The van der Waals surface area contributed by atoms with Gasteiger partial charge in [0.05, 0.1) is 11.5 Å². The highest BCUT2D eigenvalue weighted by Gasteiger charge is 2.47. The molecule has 2 aliphatic heterocycles. The minimum Gasteiger partial charge on any atom is -0.492 e. The van der Waals surface area contributed by atoms with E-state index in [-0.39, 0.29) is 17.2 Å². The molecule has 27 heavy (non-hydrogen) atoms. The summed E-state index contributed by atoms with van der Waals surface area (Å²) in [6.07, 6.45) is 10.1. The first-order valence-corrected chi connectivity index (χ1v) is 11.3. The van der Waals surface area contributed by atoms with Gasteiger partial charge in [-0.05, 0) is 73.7 Å². The Kier molecular flexibility index (Phi) is 5.76. The van der Waals surface area contributed by atoms with Gasteiger partial charge in [0, 0.05) is 12.8 Å². The number of ether oxygens (including phenoxy) is 1. The molecule has 3 aliphatic rings. The van der Waals surface area contributed by atoms with Gasteiger partial charge in [-0.25, -0.2) is 0 Å². The predicted molar refractivity (Wildman–Crippen MR) is 107 cm³/mol. The molecule has 4 rings (SSSR count). The number of unbranched alkanes of at least 4 members (excludes halogenated alkanes) is 1. The highest BCUT2D eigenvalue weighted by molar-refractivity contribution is 7.99. The molecule has 0 bridgehead atoms. The maximum absolute atomic E-state index is 11.9. The molecule has 1 aromatic carbocycles. The Bertz CT molecular complexity index is 702. The molecule has 2 amide bonds. The fraction of sp³-hybridized carbons (Fsp3) is 0.636. The Morgan fingerprint density at radius 2 is 2.00 bits per heavy atom. The number of fused-ring (bicyclic) bond motifs is 1. The second-order valence-electron chi connectivity index (χ2n) is 8.32. The van der Waals surface area contributed by atoms with Gasteiger partial charge < -0.3 is 4.74 Å². The van der Waals surface area contributed by atoms with E-state index in [1.165, 1.54) is 22.6 Å². The van der Waals surface area contributed by atoms with Crippen LogP contribution in [0.25, 0.3) is 0 Å². The lowest BCUT2D eigenvalue weighted by Gasteiger charge is -2.37. The Labute approximate surface area is 165 Å². The zero-order valence-electron chi connectivity index (χ0n) is 15.9. The van der Waals surface area contributed by atoms with Crippen LogP contribution in [0.2, 0.25) is 0 Å². The quantitative estimate of drug-likeness (QED) is 0.577. The molecule has 1 spiro atoms. The first-order valence-electron chi connectivity index (χ1n) is 10.4. The fourth-order valence-electron chi connectivity index (χ4n) is 5.22. The van der Waals surface area contributed by atoms with E-state index in [4.69, 9.17) is 4.74 Å². The Hall–Kier alpha value is -1.49. The van der Waals surface area contributed by atoms with Crippen molar-refractivity contribution in [1.29, 1.82) is 0 Å². The summed E-state index contributed by atoms with van der Waals surface area (Å²) in [5.41, 5.74) is 1.37. The van der Waals surface area contributed by atoms with Crippen molar-refractivity contribution in [2.24, 2.45) is 11.3 Å². The Morgan fingerprint density at radius 3 is 2.85 bits per heavy atom. The van der Waals surface area contributed by atoms with Crippen molar-refractivity contribution < 1.29 is 14.3 Å². The van der Waals surface area contributed by atoms with Gasteiger partial charge in [-0.15, -0.1) is 11.8 Å². The van der Waals surface area contributed by atoms with Gasteiger partial charge in [-0.2, -0.15) is 0 Å². The zero-order valence-corrected chi connectivity index (χ0v) is 16.7. The van der Waals surface area contributed by atoms with Crippen molar-refractivity contribution in [3.8, 4) is 5.75 Å². The SMILES string of the molecule is O=C1CC2(CCCC2CCCCOc2cccc3c2SCCC3)CC(=O)N1. The number of thioether (sulfide) groups is 1. The molecule has 5 heteroatoms. The van der Waals surface area contributed by atoms with Gasteiger partial charge in [0.15, 0.2) is 0 Å². The molecule has 1 atom stereocenters. The van der Waals surface area contributed by atoms with Crippen LogP contribution in [0, 0.1) is 11.3 Å². The van der Waals surface area contributed by atoms with Crippen LogP contribution in [0.15, 0.2) is 23.1 Å². The summed E-state index contributed by atoms with van der Waals surface area (Å²) in [6.45, 7) is 0.746. The Balaban J connectivity index is 1.26. The summed E-state index contributed by atoms with van der Waals surface area (Å²) in [5.74, 6) is 2.58. The van der Waals surface area contributed by atoms with Crippen molar-refractivity contribution in [1.82, 2.24) is 5.32 Å². The molecule has 1 aliphatic carbocycles. The van der Waals surface area contributed by atoms with E-state index in [9.17, 15) is 9.59 Å². The van der Waals surface area contributed by atoms with Crippen molar-refractivity contribution in [3.05, 3.63) is 23.8 Å². The number of nitrogens with one attached hydrogen (secondary N) is 1. The molecule has 2 heterocycles. The third kappa shape index (κ3) is 4.18. The topological polar surface area (TPSA) is 55.4 Å². The lowest BCUT2D eigenvalue weighted by molar-refractivity contribution is -0.139. The normalized spacial score (nSPS) is 23.9. The van der Waals surface area contributed by atoms with Gasteiger partial charge in [0.1, 0.15) is 5.75 Å². The lowest BCUT2D eigenvalue weighted by atomic mass is 9.69. The maximum Gasteiger partial charge on any atom is 0.227 e. The number of benzene rings is 1. The van der Waals surface area contributed by atoms with Crippen LogP contribution in [0.4, 0.5) is 0 Å². The van der Waals surface area contributed by atoms with Gasteiger partial charge in [-0.1, -0.05) is 18.6 Å². The first-order chi connectivity index (χ1) is 13.2. The van der Waals surface area contributed by atoms with E-state index in [0.29, 0.717) is 18.8 Å². The molecular formula is C22H29NO3S. The summed E-state index contributed by atoms with van der Waals surface area (Å²) >= 11 is 1.92. The van der Waals surface area contributed by atoms with Gasteiger partial charge in [0.25, 0.3) is 0 Å². The molecule has 4 nitrogen and oxygen atoms in total. The average Bonchev–Trinajstić information content (AvgIpc) is 3.01. The zero-order chi connectivity index (χ0) is 18.7. The first kappa shape index (κ1) is 18.9. The number of carbonyl (C=O) groups is 2. The molecule has 1 saturated carbocycles. The molecular weight excluding hydrogens is 358 g/mol. The van der Waals surface area contributed by atoms with Crippen LogP contribution in [0.5, 0.6) is 5.75 Å². The van der Waals surface area contributed by atoms with Crippen LogP contribution >= 0.6 is 11.8 Å². The fourth-order valence-corrected chi connectivity index (χ4v) is 6.34. The number of hydrogen-bond acceptors (Lipinski definition) is 4. The largest absolute Gasteiger partial charge is 0.492 e. The van der Waals surface area contributed by atoms with Crippen LogP contribution < -0.4 is 10.1 Å². The minimum atomic E-state index is -0.0761. The predicted octanol–water partition coefficient (Wildman–Crippen LogP) is 4.50. The third-order valence-electron chi connectivity index (χ3n) is 6.50. The number of piperidine rings is 1. The highest BCUT2D eigenvalue weighted by atomic mass is 32.2. The maximum atomic E-state index is 11.9. The van der Waals surface area contributed by atoms with E-state index >= 15 is 0 Å². The average molecular weight is 388 g/mol. The van der Waals surface area contributed by atoms with E-state index in [1.807, 2.05) is 11.8 Å². The van der Waals surface area contributed by atoms with E-state index < -0.39 is 0 Å². The smallest absolute Gasteiger partial charge is 0.227 e. The summed E-state index contributed by atoms with van der Waals surface area (Å²) in [6, 6.07) is 6.42. The van der Waals surface area contributed by atoms with Crippen molar-refractivity contribution in [3.63, 3.8) is 0 Å². The molecule has 2 fully saturated rings. The van der Waals surface area contributed by atoms with Gasteiger partial charge in [0.2, 0.25) is 11.8 Å². The van der Waals surface area contributed by atoms with E-state index in [2.05, 4.69) is 23.5 Å². The number of rotatable bonds is 6. The summed E-state index contributed by atoms with van der Waals surface area (Å²) in [5, 5.41) is 2.47. The number of aryl methyl sites for hydroxylation is 1. The van der Waals surface area contributed by atoms with Crippen LogP contribution in [0.3, 0.4) is 0 Å². The minimum absolute atomic E-state index is 0.0601. The number of amides is 2. The monoisotopic (exact) mass is 387 g/mol. The summed E-state index contributed by atoms with van der Waals surface area (Å²) < 4.78 is 6.10. The second-order valence-corrected chi connectivity index (χ2v) is 9.42. The van der Waals surface area contributed by atoms with Crippen LogP contribution in [-0.4, -0.2) is 24.2 Å². The van der Waals surface area contributed by atoms with Crippen molar-refractivity contribution >= 4 is 23.6 Å². The van der Waals surface area contributed by atoms with Crippen LogP contribution in [0.1, 0.15) is 63.4 Å². The second kappa shape index (κ2) is 8.26. The Morgan fingerprint density at radius 1 is 1.15 bits per heavy atom. The summed E-state index contributed by atoms with van der Waals surface area (Å²) in [7, 11) is 0. The molecule has 0 aromatic heterocycles. The molecule has 1 unspecified atom stereocenters. The molecule has 1 N–H and O–H groups in total.